The summed E-state index contributed by atoms with van der Waals surface area (Å²) >= 11 is 0. The van der Waals surface area contributed by atoms with E-state index in [1.165, 1.54) is 25.7 Å². The first-order valence-corrected chi connectivity index (χ1v) is 14.8. The molecule has 2 aromatic heterocycles. The lowest BCUT2D eigenvalue weighted by atomic mass is 9.93. The molecule has 4 aromatic rings. The van der Waals surface area contributed by atoms with Crippen molar-refractivity contribution in [1.82, 2.24) is 15.3 Å². The number of aromatic amines is 2. The number of aromatic nitrogens is 2. The van der Waals surface area contributed by atoms with E-state index in [2.05, 4.69) is 41.3 Å². The second-order valence-electron chi connectivity index (χ2n) is 11.3. The zero-order chi connectivity index (χ0) is 28.8. The van der Waals surface area contributed by atoms with E-state index >= 15 is 0 Å². The molecule has 5 rings (SSSR count). The Morgan fingerprint density at radius 3 is 2.63 bits per heavy atom. The quantitative estimate of drug-likeness (QED) is 0.173. The Labute approximate surface area is 241 Å². The molecule has 1 saturated heterocycles. The Morgan fingerprint density at radius 1 is 1.05 bits per heavy atom. The number of nitrogens with one attached hydrogen (secondary N) is 3. The molecule has 216 valence electrons. The average molecular weight is 556 g/mol. The summed E-state index contributed by atoms with van der Waals surface area (Å²) in [7, 11) is 1.65. The lowest BCUT2D eigenvalue weighted by molar-refractivity contribution is 0.0631. The van der Waals surface area contributed by atoms with Crippen LogP contribution >= 0.6 is 0 Å². The molecule has 41 heavy (non-hydrogen) atoms. The molecule has 1 fully saturated rings. The largest absolute Gasteiger partial charge is 0.496 e. The fraction of sp³-hybridized carbons (Fsp3) is 0.412. The third-order valence-corrected chi connectivity index (χ3v) is 8.22. The third-order valence-electron chi connectivity index (χ3n) is 8.22. The maximum absolute atomic E-state index is 13.2. The standard InChI is InChI=1S/C34H41N3O4/c1-22(2)24-11-13-30(40-3)28(20-24)31-27-21-25(10-12-29(27)37-32(31)26-9-7-17-36-34(26)39)33(38)35-16-6-4-5-8-23-14-18-41-19-15-23/h7,9-13,17,20-23,37H,4-6,8,14-16,18-19H2,1-3H3,(H,35,38)(H,36,39). The van der Waals surface area contributed by atoms with Crippen molar-refractivity contribution in [3.63, 3.8) is 0 Å². The molecule has 2 aromatic carbocycles. The summed E-state index contributed by atoms with van der Waals surface area (Å²) in [4.78, 5) is 32.3. The molecule has 7 nitrogen and oxygen atoms in total. The highest BCUT2D eigenvalue weighted by molar-refractivity contribution is 6.08. The van der Waals surface area contributed by atoms with Crippen LogP contribution in [0.5, 0.6) is 5.75 Å². The number of ether oxygens (including phenoxy) is 2. The molecule has 0 bridgehead atoms. The molecular weight excluding hydrogens is 514 g/mol. The normalized spacial score (nSPS) is 14.0. The fourth-order valence-electron chi connectivity index (χ4n) is 5.79. The minimum Gasteiger partial charge on any atom is -0.496 e. The maximum Gasteiger partial charge on any atom is 0.257 e. The molecule has 0 unspecified atom stereocenters. The van der Waals surface area contributed by atoms with Crippen LogP contribution in [0.4, 0.5) is 0 Å². The highest BCUT2D eigenvalue weighted by Gasteiger charge is 2.22. The molecule has 0 radical (unpaired) electrons. The van der Waals surface area contributed by atoms with Gasteiger partial charge in [0.25, 0.3) is 11.5 Å². The Bertz CT molecular complexity index is 1550. The lowest BCUT2D eigenvalue weighted by Gasteiger charge is -2.21. The number of hydrogen-bond acceptors (Lipinski definition) is 4. The van der Waals surface area contributed by atoms with Crippen LogP contribution in [0.1, 0.15) is 74.2 Å². The van der Waals surface area contributed by atoms with Crippen molar-refractivity contribution < 1.29 is 14.3 Å². The second kappa shape index (κ2) is 13.2. The number of rotatable bonds is 11. The SMILES string of the molecule is COc1ccc(C(C)C)cc1-c1c(-c2ccc[nH]c2=O)[nH]c2ccc(C(=O)NCCCCCC3CCOCC3)cc12. The van der Waals surface area contributed by atoms with Crippen LogP contribution < -0.4 is 15.6 Å². The Kier molecular flexibility index (Phi) is 9.24. The Hall–Kier alpha value is -3.84. The Morgan fingerprint density at radius 2 is 1.88 bits per heavy atom. The molecule has 1 aliphatic heterocycles. The van der Waals surface area contributed by atoms with Gasteiger partial charge >= 0.3 is 0 Å². The van der Waals surface area contributed by atoms with E-state index in [0.717, 1.165) is 59.6 Å². The van der Waals surface area contributed by atoms with E-state index in [9.17, 15) is 9.59 Å². The lowest BCUT2D eigenvalue weighted by Crippen LogP contribution is -2.24. The van der Waals surface area contributed by atoms with Crippen molar-refractivity contribution in [2.45, 2.75) is 58.3 Å². The zero-order valence-electron chi connectivity index (χ0n) is 24.3. The van der Waals surface area contributed by atoms with Gasteiger partial charge in [0.1, 0.15) is 5.75 Å². The highest BCUT2D eigenvalue weighted by Crippen LogP contribution is 2.43. The third kappa shape index (κ3) is 6.57. The molecular formula is C34H41N3O4. The molecule has 7 heteroatoms. The summed E-state index contributed by atoms with van der Waals surface area (Å²) in [6, 6.07) is 15.5. The van der Waals surface area contributed by atoms with Crippen molar-refractivity contribution in [3.05, 3.63) is 76.2 Å². The van der Waals surface area contributed by atoms with Crippen LogP contribution in [0.3, 0.4) is 0 Å². The molecule has 0 atom stereocenters. The molecule has 0 saturated carbocycles. The summed E-state index contributed by atoms with van der Waals surface area (Å²) in [5, 5.41) is 3.97. The summed E-state index contributed by atoms with van der Waals surface area (Å²) in [6.07, 6.45) is 8.49. The van der Waals surface area contributed by atoms with Crippen molar-refractivity contribution in [2.24, 2.45) is 5.92 Å². The van der Waals surface area contributed by atoms with Crippen molar-refractivity contribution >= 4 is 16.8 Å². The number of carbonyl (C=O) groups excluding carboxylic acids is 1. The van der Waals surface area contributed by atoms with Crippen LogP contribution in [0, 0.1) is 5.92 Å². The average Bonchev–Trinajstić information content (AvgIpc) is 3.37. The summed E-state index contributed by atoms with van der Waals surface area (Å²) in [6.45, 7) is 6.74. The van der Waals surface area contributed by atoms with Crippen LogP contribution in [-0.4, -0.2) is 42.7 Å². The van der Waals surface area contributed by atoms with E-state index in [4.69, 9.17) is 9.47 Å². The number of pyridine rings is 1. The molecule has 0 spiro atoms. The van der Waals surface area contributed by atoms with Crippen LogP contribution in [0.15, 0.2) is 59.5 Å². The Balaban J connectivity index is 1.42. The number of hydrogen-bond donors (Lipinski definition) is 3. The van der Waals surface area contributed by atoms with E-state index < -0.39 is 0 Å². The van der Waals surface area contributed by atoms with Crippen molar-refractivity contribution in [3.8, 4) is 28.1 Å². The summed E-state index contributed by atoms with van der Waals surface area (Å²) in [5.74, 6) is 1.72. The number of methoxy groups -OCH3 is 1. The van der Waals surface area contributed by atoms with E-state index in [1.54, 1.807) is 13.3 Å². The first kappa shape index (κ1) is 28.7. The van der Waals surface area contributed by atoms with E-state index in [-0.39, 0.29) is 11.5 Å². The number of H-pyrrole nitrogens is 2. The van der Waals surface area contributed by atoms with Gasteiger partial charge in [0.05, 0.1) is 18.4 Å². The summed E-state index contributed by atoms with van der Waals surface area (Å²) < 4.78 is 11.2. The topological polar surface area (TPSA) is 96.2 Å². The number of unbranched alkanes of at least 4 members (excludes halogenated alkanes) is 2. The zero-order valence-corrected chi connectivity index (χ0v) is 24.3. The smallest absolute Gasteiger partial charge is 0.257 e. The fourth-order valence-corrected chi connectivity index (χ4v) is 5.79. The van der Waals surface area contributed by atoms with Gasteiger partial charge in [0.2, 0.25) is 0 Å². The van der Waals surface area contributed by atoms with E-state index in [1.807, 2.05) is 36.4 Å². The van der Waals surface area contributed by atoms with Gasteiger partial charge in [-0.3, -0.25) is 9.59 Å². The van der Waals surface area contributed by atoms with Crippen LogP contribution in [0.25, 0.3) is 33.3 Å². The van der Waals surface area contributed by atoms with Gasteiger partial charge in [0.15, 0.2) is 0 Å². The molecule has 3 heterocycles. The predicted octanol–water partition coefficient (Wildman–Crippen LogP) is 7.04. The first-order valence-electron chi connectivity index (χ1n) is 14.8. The number of fused-ring (bicyclic) bond motifs is 1. The van der Waals surface area contributed by atoms with Gasteiger partial charge in [0, 0.05) is 53.5 Å². The monoisotopic (exact) mass is 555 g/mol. The van der Waals surface area contributed by atoms with Crippen molar-refractivity contribution in [2.75, 3.05) is 26.9 Å². The van der Waals surface area contributed by atoms with Gasteiger partial charge in [-0.25, -0.2) is 0 Å². The molecule has 1 amide bonds. The van der Waals surface area contributed by atoms with Crippen LogP contribution in [0.2, 0.25) is 0 Å². The molecule has 3 N–H and O–H groups in total. The minimum absolute atomic E-state index is 0.0921. The van der Waals surface area contributed by atoms with Gasteiger partial charge < -0.3 is 24.8 Å². The van der Waals surface area contributed by atoms with Gasteiger partial charge in [-0.1, -0.05) is 39.2 Å². The van der Waals surface area contributed by atoms with Crippen molar-refractivity contribution in [1.29, 1.82) is 0 Å². The summed E-state index contributed by atoms with van der Waals surface area (Å²) in [5.41, 5.74) is 5.37. The minimum atomic E-state index is -0.186. The number of amides is 1. The maximum atomic E-state index is 13.2. The first-order chi connectivity index (χ1) is 20.0. The molecule has 0 aliphatic carbocycles. The second-order valence-corrected chi connectivity index (χ2v) is 11.3. The van der Waals surface area contributed by atoms with E-state index in [0.29, 0.717) is 35.0 Å². The number of carbonyl (C=O) groups is 1. The van der Waals surface area contributed by atoms with Gasteiger partial charge in [-0.05, 0) is 79.1 Å². The van der Waals surface area contributed by atoms with Crippen LogP contribution in [-0.2, 0) is 4.74 Å². The highest BCUT2D eigenvalue weighted by atomic mass is 16.5. The number of benzene rings is 2. The van der Waals surface area contributed by atoms with Gasteiger partial charge in [-0.15, -0.1) is 0 Å². The molecule has 1 aliphatic rings. The predicted molar refractivity (Wildman–Crippen MR) is 165 cm³/mol. The van der Waals surface area contributed by atoms with Gasteiger partial charge in [-0.2, -0.15) is 0 Å².